The molecule has 0 saturated heterocycles. The predicted octanol–water partition coefficient (Wildman–Crippen LogP) is 7.51. The molecule has 5 aromatic carbocycles. The molecule has 0 radical (unpaired) electrons. The maximum atomic E-state index is 14.3. The summed E-state index contributed by atoms with van der Waals surface area (Å²) in [5.74, 6) is 0.0740. The lowest BCUT2D eigenvalue weighted by molar-refractivity contribution is -0.139. The molecule has 1 aromatic heterocycles. The van der Waals surface area contributed by atoms with E-state index in [0.29, 0.717) is 64.1 Å². The summed E-state index contributed by atoms with van der Waals surface area (Å²) in [6.45, 7) is 2.46. The first-order valence-corrected chi connectivity index (χ1v) is 18.5. The number of amides is 2. The van der Waals surface area contributed by atoms with Gasteiger partial charge in [0.15, 0.2) is 11.4 Å². The SMILES string of the molecule is COc1ccc2c(c1)[C@](O)([C@@H](C)/C=C/CCn1cc(C(CO)c3ccccc3)nn1)C(=O)N2Cc1ccc(N2C(=O)c3ccccc3Oc3ccccc32)cc1. The van der Waals surface area contributed by atoms with E-state index >= 15 is 0 Å². The first kappa shape index (κ1) is 36.4. The fraction of sp³-hybridized carbons (Fsp3) is 0.200. The maximum absolute atomic E-state index is 14.3. The van der Waals surface area contributed by atoms with Crippen molar-refractivity contribution in [2.24, 2.45) is 5.92 Å². The van der Waals surface area contributed by atoms with Crippen LogP contribution in [-0.4, -0.2) is 50.7 Å². The van der Waals surface area contributed by atoms with Gasteiger partial charge in [0.1, 0.15) is 11.5 Å². The fourth-order valence-electron chi connectivity index (χ4n) is 7.49. The van der Waals surface area contributed by atoms with Crippen molar-refractivity contribution in [2.45, 2.75) is 38.0 Å². The molecule has 11 nitrogen and oxygen atoms in total. The molecule has 1 unspecified atom stereocenters. The standard InChI is InChI=1S/C45H41N5O6/c1-30(12-10-11-25-48-28-38(46-47-48)36(29-51)32-13-4-3-5-14-32)45(54)37-26-34(55-2)23-24-39(37)49(44(45)53)27-31-19-21-33(22-20-31)50-40-16-7-9-18-42(40)56-41-17-8-6-15-35(41)43(50)52/h3-10,12-24,26,28,30,36,51,54H,11,25,27,29H2,1-2H3/b12-10+/t30-,36?,45+/m0/s1. The van der Waals surface area contributed by atoms with Crippen LogP contribution in [0.15, 0.2) is 140 Å². The zero-order valence-corrected chi connectivity index (χ0v) is 31.0. The van der Waals surface area contributed by atoms with Crippen LogP contribution in [0.25, 0.3) is 0 Å². The largest absolute Gasteiger partial charge is 0.497 e. The highest BCUT2D eigenvalue weighted by Crippen LogP contribution is 2.48. The molecule has 2 aliphatic rings. The Kier molecular flexibility index (Phi) is 9.94. The number of aliphatic hydroxyl groups excluding tert-OH is 1. The van der Waals surface area contributed by atoms with E-state index in [0.717, 1.165) is 11.1 Å². The summed E-state index contributed by atoms with van der Waals surface area (Å²) < 4.78 is 13.4. The number of carbonyl (C=O) groups is 2. The number of carbonyl (C=O) groups excluding carboxylic acids is 2. The summed E-state index contributed by atoms with van der Waals surface area (Å²) in [6, 6.07) is 37.1. The third kappa shape index (κ3) is 6.61. The van der Waals surface area contributed by atoms with E-state index in [9.17, 15) is 19.8 Å². The van der Waals surface area contributed by atoms with Gasteiger partial charge in [0, 0.05) is 29.9 Å². The van der Waals surface area contributed by atoms with Gasteiger partial charge in [0.2, 0.25) is 0 Å². The number of hydrogen-bond acceptors (Lipinski definition) is 8. The van der Waals surface area contributed by atoms with Gasteiger partial charge in [0.05, 0.1) is 48.8 Å². The monoisotopic (exact) mass is 747 g/mol. The quantitative estimate of drug-likeness (QED) is 0.123. The van der Waals surface area contributed by atoms with Crippen LogP contribution in [0.2, 0.25) is 0 Å². The molecule has 2 aliphatic heterocycles. The smallest absolute Gasteiger partial charge is 0.266 e. The number of ether oxygens (including phenoxy) is 2. The van der Waals surface area contributed by atoms with Crippen LogP contribution in [0.1, 0.15) is 52.0 Å². The molecule has 8 rings (SSSR count). The number of rotatable bonds is 12. The van der Waals surface area contributed by atoms with E-state index in [-0.39, 0.29) is 25.0 Å². The van der Waals surface area contributed by atoms with E-state index in [2.05, 4.69) is 10.3 Å². The molecule has 56 heavy (non-hydrogen) atoms. The second-order valence-electron chi connectivity index (χ2n) is 14.0. The summed E-state index contributed by atoms with van der Waals surface area (Å²) in [5.41, 5.74) is 3.40. The minimum atomic E-state index is -1.85. The van der Waals surface area contributed by atoms with E-state index in [1.807, 2.05) is 116 Å². The average Bonchev–Trinajstić information content (AvgIpc) is 3.74. The van der Waals surface area contributed by atoms with Gasteiger partial charge in [0.25, 0.3) is 11.8 Å². The Labute approximate surface area is 324 Å². The van der Waals surface area contributed by atoms with E-state index < -0.39 is 17.4 Å². The van der Waals surface area contributed by atoms with Crippen molar-refractivity contribution >= 4 is 28.9 Å². The van der Waals surface area contributed by atoms with Crippen LogP contribution in [0.3, 0.4) is 0 Å². The number of allylic oxidation sites excluding steroid dienone is 1. The van der Waals surface area contributed by atoms with Gasteiger partial charge in [-0.1, -0.05) is 91.0 Å². The van der Waals surface area contributed by atoms with Gasteiger partial charge in [-0.25, -0.2) is 0 Å². The highest BCUT2D eigenvalue weighted by molar-refractivity contribution is 6.14. The normalized spacial score (nSPS) is 17.2. The molecule has 3 heterocycles. The van der Waals surface area contributed by atoms with Crippen molar-refractivity contribution in [3.63, 3.8) is 0 Å². The number of para-hydroxylation sites is 3. The van der Waals surface area contributed by atoms with Gasteiger partial charge in [-0.15, -0.1) is 5.10 Å². The minimum Gasteiger partial charge on any atom is -0.497 e. The summed E-state index contributed by atoms with van der Waals surface area (Å²) in [6.07, 6.45) is 6.21. The first-order chi connectivity index (χ1) is 27.3. The lowest BCUT2D eigenvalue weighted by atomic mass is 9.83. The third-order valence-electron chi connectivity index (χ3n) is 10.6. The van der Waals surface area contributed by atoms with Crippen molar-refractivity contribution in [1.29, 1.82) is 0 Å². The molecule has 2 amide bonds. The number of anilines is 3. The van der Waals surface area contributed by atoms with E-state index in [1.54, 1.807) is 51.9 Å². The van der Waals surface area contributed by atoms with Crippen molar-refractivity contribution < 1.29 is 29.3 Å². The Hall–Kier alpha value is -6.56. The summed E-state index contributed by atoms with van der Waals surface area (Å²) in [5, 5.41) is 30.9. The zero-order valence-electron chi connectivity index (χ0n) is 31.0. The van der Waals surface area contributed by atoms with Crippen LogP contribution >= 0.6 is 0 Å². The zero-order chi connectivity index (χ0) is 38.8. The second kappa shape index (κ2) is 15.3. The van der Waals surface area contributed by atoms with Crippen LogP contribution in [0.5, 0.6) is 17.2 Å². The number of aliphatic hydroxyl groups is 2. The van der Waals surface area contributed by atoms with Gasteiger partial charge in [-0.05, 0) is 72.1 Å². The molecule has 2 N–H and O–H groups in total. The number of benzene rings is 5. The highest BCUT2D eigenvalue weighted by Gasteiger charge is 2.52. The molecular formula is C45H41N5O6. The maximum Gasteiger partial charge on any atom is 0.266 e. The van der Waals surface area contributed by atoms with Crippen LogP contribution in [0, 0.1) is 5.92 Å². The number of aromatic nitrogens is 3. The lowest BCUT2D eigenvalue weighted by Gasteiger charge is -2.28. The fourth-order valence-corrected chi connectivity index (χ4v) is 7.49. The summed E-state index contributed by atoms with van der Waals surface area (Å²) >= 11 is 0. The number of methoxy groups -OCH3 is 1. The Bertz CT molecular complexity index is 2410. The molecule has 282 valence electrons. The van der Waals surface area contributed by atoms with Gasteiger partial charge in [-0.3, -0.25) is 19.2 Å². The van der Waals surface area contributed by atoms with Gasteiger partial charge < -0.3 is 24.6 Å². The highest BCUT2D eigenvalue weighted by atomic mass is 16.5. The molecule has 0 spiro atoms. The second-order valence-corrected chi connectivity index (χ2v) is 14.0. The lowest BCUT2D eigenvalue weighted by Crippen LogP contribution is -2.44. The topological polar surface area (TPSA) is 130 Å². The van der Waals surface area contributed by atoms with E-state index in [4.69, 9.17) is 9.47 Å². The van der Waals surface area contributed by atoms with Gasteiger partial charge >= 0.3 is 0 Å². The molecule has 0 fully saturated rings. The molecule has 0 saturated carbocycles. The van der Waals surface area contributed by atoms with E-state index in [1.165, 1.54) is 0 Å². The minimum absolute atomic E-state index is 0.0821. The molecular weight excluding hydrogens is 707 g/mol. The number of hydrogen-bond donors (Lipinski definition) is 2. The molecule has 6 aromatic rings. The van der Waals surface area contributed by atoms with Crippen LogP contribution < -0.4 is 19.3 Å². The van der Waals surface area contributed by atoms with Crippen LogP contribution in [-0.2, 0) is 23.5 Å². The average molecular weight is 748 g/mol. The van der Waals surface area contributed by atoms with Gasteiger partial charge in [-0.2, -0.15) is 0 Å². The predicted molar refractivity (Wildman–Crippen MR) is 212 cm³/mol. The molecule has 0 bridgehead atoms. The summed E-state index contributed by atoms with van der Waals surface area (Å²) in [4.78, 5) is 31.5. The number of aryl methyl sites for hydroxylation is 1. The Morgan fingerprint density at radius 1 is 0.875 bits per heavy atom. The molecule has 11 heteroatoms. The Balaban J connectivity index is 0.997. The first-order valence-electron chi connectivity index (χ1n) is 18.5. The third-order valence-corrected chi connectivity index (χ3v) is 10.6. The Morgan fingerprint density at radius 3 is 2.38 bits per heavy atom. The summed E-state index contributed by atoms with van der Waals surface area (Å²) in [7, 11) is 1.55. The number of fused-ring (bicyclic) bond motifs is 3. The van der Waals surface area contributed by atoms with Crippen molar-refractivity contribution in [2.75, 3.05) is 23.5 Å². The van der Waals surface area contributed by atoms with Crippen molar-refractivity contribution in [3.8, 4) is 17.2 Å². The number of nitrogens with zero attached hydrogens (tertiary/aromatic N) is 5. The van der Waals surface area contributed by atoms with Crippen molar-refractivity contribution in [3.05, 3.63) is 168 Å². The van der Waals surface area contributed by atoms with Crippen LogP contribution in [0.4, 0.5) is 17.1 Å². The molecule has 3 atom stereocenters. The van der Waals surface area contributed by atoms with Crippen molar-refractivity contribution in [1.82, 2.24) is 15.0 Å². The Morgan fingerprint density at radius 2 is 1.61 bits per heavy atom. The molecule has 0 aliphatic carbocycles.